The minimum atomic E-state index is -0.893. The van der Waals surface area contributed by atoms with Gasteiger partial charge in [-0.25, -0.2) is 0 Å². The Morgan fingerprint density at radius 3 is 2.92 bits per heavy atom. The van der Waals surface area contributed by atoms with Gasteiger partial charge >= 0.3 is 0 Å². The third-order valence-electron chi connectivity index (χ3n) is 1.99. The van der Waals surface area contributed by atoms with E-state index in [1.807, 2.05) is 0 Å². The number of aliphatic hydroxyl groups is 1. The van der Waals surface area contributed by atoms with E-state index >= 15 is 0 Å². The first-order valence-corrected chi connectivity index (χ1v) is 4.33. The zero-order valence-corrected chi connectivity index (χ0v) is 7.29. The summed E-state index contributed by atoms with van der Waals surface area (Å²) in [5.74, 6) is -0.268. The Labute approximate surface area is 72.5 Å². The second-order valence-electron chi connectivity index (χ2n) is 3.17. The summed E-state index contributed by atoms with van der Waals surface area (Å²) in [6.07, 6.45) is 6.18. The molecule has 1 aliphatic carbocycles. The van der Waals surface area contributed by atoms with Crippen molar-refractivity contribution in [2.45, 2.75) is 38.3 Å². The molecule has 68 valence electrons. The minimum Gasteiger partial charge on any atom is -0.384 e. The van der Waals surface area contributed by atoms with Gasteiger partial charge in [-0.1, -0.05) is 12.2 Å². The molecule has 0 saturated heterocycles. The van der Waals surface area contributed by atoms with Gasteiger partial charge in [-0.15, -0.1) is 0 Å². The molecule has 12 heavy (non-hydrogen) atoms. The van der Waals surface area contributed by atoms with Gasteiger partial charge < -0.3 is 10.4 Å². The first kappa shape index (κ1) is 9.26. The Morgan fingerprint density at radius 1 is 1.67 bits per heavy atom. The van der Waals surface area contributed by atoms with Crippen LogP contribution in [0.2, 0.25) is 0 Å². The summed E-state index contributed by atoms with van der Waals surface area (Å²) < 4.78 is 0. The molecule has 3 nitrogen and oxygen atoms in total. The highest BCUT2D eigenvalue weighted by Gasteiger charge is 2.15. The number of hydrogen-bond donors (Lipinski definition) is 2. The van der Waals surface area contributed by atoms with Crippen LogP contribution in [0.1, 0.15) is 26.2 Å². The third-order valence-corrected chi connectivity index (χ3v) is 1.99. The summed E-state index contributed by atoms with van der Waals surface area (Å²) in [6, 6.07) is 0.220. The number of allylic oxidation sites excluding steroid dienone is 1. The number of rotatable bonds is 2. The molecule has 1 rings (SSSR count). The van der Waals surface area contributed by atoms with Crippen molar-refractivity contribution in [3.8, 4) is 0 Å². The molecule has 0 aromatic heterocycles. The second-order valence-corrected chi connectivity index (χ2v) is 3.17. The lowest BCUT2D eigenvalue weighted by molar-refractivity contribution is -0.129. The van der Waals surface area contributed by atoms with Crippen molar-refractivity contribution in [2.24, 2.45) is 0 Å². The van der Waals surface area contributed by atoms with E-state index in [1.165, 1.54) is 6.92 Å². The van der Waals surface area contributed by atoms with Gasteiger partial charge in [0.05, 0.1) is 0 Å². The zero-order chi connectivity index (χ0) is 8.97. The monoisotopic (exact) mass is 169 g/mol. The van der Waals surface area contributed by atoms with Crippen molar-refractivity contribution in [3.63, 3.8) is 0 Å². The van der Waals surface area contributed by atoms with Crippen molar-refractivity contribution >= 4 is 5.91 Å². The molecule has 0 heterocycles. The molecular weight excluding hydrogens is 154 g/mol. The summed E-state index contributed by atoms with van der Waals surface area (Å²) >= 11 is 0. The van der Waals surface area contributed by atoms with Crippen molar-refractivity contribution in [2.75, 3.05) is 0 Å². The highest BCUT2D eigenvalue weighted by atomic mass is 16.3. The SMILES string of the molecule is C[C@H](O)C(=O)NC1CC=CCC1. The van der Waals surface area contributed by atoms with Crippen LogP contribution in [-0.4, -0.2) is 23.2 Å². The molecule has 0 bridgehead atoms. The molecule has 0 radical (unpaired) electrons. The smallest absolute Gasteiger partial charge is 0.248 e. The maximum atomic E-state index is 11.0. The lowest BCUT2D eigenvalue weighted by Gasteiger charge is -2.19. The summed E-state index contributed by atoms with van der Waals surface area (Å²) in [4.78, 5) is 11.0. The fraction of sp³-hybridized carbons (Fsp3) is 0.667. The Kier molecular flexibility index (Phi) is 3.29. The van der Waals surface area contributed by atoms with Gasteiger partial charge in [0.15, 0.2) is 0 Å². The number of carbonyl (C=O) groups excluding carboxylic acids is 1. The molecule has 1 unspecified atom stereocenters. The number of carbonyl (C=O) groups is 1. The normalized spacial score (nSPS) is 25.0. The van der Waals surface area contributed by atoms with Gasteiger partial charge in [0.1, 0.15) is 6.10 Å². The van der Waals surface area contributed by atoms with Crippen LogP contribution in [0.4, 0.5) is 0 Å². The fourth-order valence-electron chi connectivity index (χ4n) is 1.25. The molecule has 1 aliphatic rings. The molecule has 0 saturated carbocycles. The largest absolute Gasteiger partial charge is 0.384 e. The molecule has 2 N–H and O–H groups in total. The first-order chi connectivity index (χ1) is 5.70. The minimum absolute atomic E-state index is 0.220. The number of amides is 1. The maximum Gasteiger partial charge on any atom is 0.248 e. The molecule has 0 aliphatic heterocycles. The lowest BCUT2D eigenvalue weighted by atomic mass is 10.0. The summed E-state index contributed by atoms with van der Waals surface area (Å²) in [5, 5.41) is 11.7. The van der Waals surface area contributed by atoms with Crippen LogP contribution in [0.3, 0.4) is 0 Å². The van der Waals surface area contributed by atoms with E-state index in [1.54, 1.807) is 0 Å². The Hall–Kier alpha value is -0.830. The average molecular weight is 169 g/mol. The molecule has 0 aromatic rings. The predicted molar refractivity (Wildman–Crippen MR) is 46.6 cm³/mol. The highest BCUT2D eigenvalue weighted by molar-refractivity contribution is 5.80. The van der Waals surface area contributed by atoms with E-state index in [-0.39, 0.29) is 11.9 Å². The highest BCUT2D eigenvalue weighted by Crippen LogP contribution is 2.10. The van der Waals surface area contributed by atoms with Gasteiger partial charge in [-0.2, -0.15) is 0 Å². The molecule has 2 atom stereocenters. The first-order valence-electron chi connectivity index (χ1n) is 4.33. The van der Waals surface area contributed by atoms with Crippen LogP contribution in [0, 0.1) is 0 Å². The van der Waals surface area contributed by atoms with Crippen LogP contribution in [0.15, 0.2) is 12.2 Å². The van der Waals surface area contributed by atoms with Crippen molar-refractivity contribution in [3.05, 3.63) is 12.2 Å². The van der Waals surface area contributed by atoms with Gasteiger partial charge in [-0.05, 0) is 26.2 Å². The fourth-order valence-corrected chi connectivity index (χ4v) is 1.25. The van der Waals surface area contributed by atoms with E-state index in [2.05, 4.69) is 17.5 Å². The Balaban J connectivity index is 2.31. The summed E-state index contributed by atoms with van der Waals surface area (Å²) in [6.45, 7) is 1.48. The maximum absolute atomic E-state index is 11.0. The van der Waals surface area contributed by atoms with E-state index in [9.17, 15) is 4.79 Å². The van der Waals surface area contributed by atoms with E-state index in [4.69, 9.17) is 5.11 Å². The number of nitrogens with one attached hydrogen (secondary N) is 1. The van der Waals surface area contributed by atoms with Crippen molar-refractivity contribution in [1.82, 2.24) is 5.32 Å². The number of aliphatic hydroxyl groups excluding tert-OH is 1. The van der Waals surface area contributed by atoms with E-state index in [0.717, 1.165) is 19.3 Å². The van der Waals surface area contributed by atoms with Crippen LogP contribution < -0.4 is 5.32 Å². The molecule has 0 aromatic carbocycles. The molecule has 1 amide bonds. The van der Waals surface area contributed by atoms with Crippen LogP contribution in [0.25, 0.3) is 0 Å². The van der Waals surface area contributed by atoms with Crippen LogP contribution in [0.5, 0.6) is 0 Å². The lowest BCUT2D eigenvalue weighted by Crippen LogP contribution is -2.40. The van der Waals surface area contributed by atoms with Gasteiger partial charge in [0.25, 0.3) is 0 Å². The quantitative estimate of drug-likeness (QED) is 0.594. The average Bonchev–Trinajstić information content (AvgIpc) is 2.06. The Bertz CT molecular complexity index is 187. The molecular formula is C9H15NO2. The van der Waals surface area contributed by atoms with Gasteiger partial charge in [0, 0.05) is 6.04 Å². The van der Waals surface area contributed by atoms with E-state index in [0.29, 0.717) is 0 Å². The van der Waals surface area contributed by atoms with Crippen molar-refractivity contribution in [1.29, 1.82) is 0 Å². The van der Waals surface area contributed by atoms with Crippen LogP contribution in [-0.2, 0) is 4.79 Å². The van der Waals surface area contributed by atoms with Gasteiger partial charge in [-0.3, -0.25) is 4.79 Å². The predicted octanol–water partition coefficient (Wildman–Crippen LogP) is 0.592. The standard InChI is InChI=1S/C9H15NO2/c1-7(11)9(12)10-8-5-3-2-4-6-8/h2-3,7-8,11H,4-6H2,1H3,(H,10,12)/t7-,8?/m0/s1. The van der Waals surface area contributed by atoms with Crippen molar-refractivity contribution < 1.29 is 9.90 Å². The number of hydrogen-bond acceptors (Lipinski definition) is 2. The zero-order valence-electron chi connectivity index (χ0n) is 7.29. The topological polar surface area (TPSA) is 49.3 Å². The third kappa shape index (κ3) is 2.66. The summed E-state index contributed by atoms with van der Waals surface area (Å²) in [7, 11) is 0. The molecule has 0 fully saturated rings. The summed E-state index contributed by atoms with van der Waals surface area (Å²) in [5.41, 5.74) is 0. The molecule has 3 heteroatoms. The Morgan fingerprint density at radius 2 is 2.42 bits per heavy atom. The van der Waals surface area contributed by atoms with Crippen LogP contribution >= 0.6 is 0 Å². The second kappa shape index (κ2) is 4.26. The van der Waals surface area contributed by atoms with E-state index < -0.39 is 6.10 Å². The van der Waals surface area contributed by atoms with Gasteiger partial charge in [0.2, 0.25) is 5.91 Å². The molecule has 0 spiro atoms.